The highest BCUT2D eigenvalue weighted by Crippen LogP contribution is 2.26. The highest BCUT2D eigenvalue weighted by Gasteiger charge is 2.43. The summed E-state index contributed by atoms with van der Waals surface area (Å²) in [5.74, 6) is 2.41. The monoisotopic (exact) mass is 294 g/mol. The molecule has 0 saturated carbocycles. The zero-order valence-corrected chi connectivity index (χ0v) is 12.7. The van der Waals surface area contributed by atoms with Crippen molar-refractivity contribution in [3.63, 3.8) is 0 Å². The summed E-state index contributed by atoms with van der Waals surface area (Å²) in [6.45, 7) is 6.26. The Balaban J connectivity index is 2.00. The van der Waals surface area contributed by atoms with E-state index in [1.165, 1.54) is 4.90 Å². The van der Waals surface area contributed by atoms with Crippen LogP contribution >= 0.6 is 0 Å². The average molecular weight is 294 g/mol. The first-order chi connectivity index (χ1) is 9.71. The molecule has 0 aliphatic carbocycles. The van der Waals surface area contributed by atoms with Gasteiger partial charge in [0.05, 0.1) is 18.7 Å². The Morgan fingerprint density at radius 2 is 2.05 bits per heavy atom. The summed E-state index contributed by atoms with van der Waals surface area (Å²) in [7, 11) is 0. The van der Waals surface area contributed by atoms with Gasteiger partial charge in [-0.1, -0.05) is 0 Å². The zero-order chi connectivity index (χ0) is 15.8. The van der Waals surface area contributed by atoms with E-state index in [1.807, 2.05) is 0 Å². The summed E-state index contributed by atoms with van der Waals surface area (Å²) in [6, 6.07) is -0.400. The summed E-state index contributed by atoms with van der Waals surface area (Å²) >= 11 is 0. The minimum atomic E-state index is -0.766. The Morgan fingerprint density at radius 3 is 2.57 bits per heavy atom. The van der Waals surface area contributed by atoms with Gasteiger partial charge in [0.25, 0.3) is 0 Å². The summed E-state index contributed by atoms with van der Waals surface area (Å²) in [5.41, 5.74) is -0.585. The van der Waals surface area contributed by atoms with Crippen molar-refractivity contribution in [1.82, 2.24) is 9.80 Å². The lowest BCUT2D eigenvalue weighted by Crippen LogP contribution is -2.44. The molecule has 0 aromatic heterocycles. The number of terminal acetylenes is 1. The molecule has 0 aromatic rings. The van der Waals surface area contributed by atoms with Gasteiger partial charge in [0.15, 0.2) is 0 Å². The topological polar surface area (TPSA) is 70.1 Å². The van der Waals surface area contributed by atoms with Crippen molar-refractivity contribution in [2.75, 3.05) is 19.6 Å². The van der Waals surface area contributed by atoms with Gasteiger partial charge in [0, 0.05) is 25.4 Å². The fourth-order valence-corrected chi connectivity index (χ4v) is 2.72. The van der Waals surface area contributed by atoms with Crippen molar-refractivity contribution in [3.8, 4) is 12.3 Å². The molecule has 2 fully saturated rings. The van der Waals surface area contributed by atoms with E-state index in [9.17, 15) is 14.7 Å². The second kappa shape index (κ2) is 5.57. The molecule has 2 aliphatic rings. The van der Waals surface area contributed by atoms with Crippen molar-refractivity contribution >= 4 is 12.0 Å². The SMILES string of the molecule is C#CC1CC(=O)N(C2CN(C(=O)OC(C)(C)C)CC2O)C1. The number of aliphatic hydroxyl groups is 1. The van der Waals surface area contributed by atoms with E-state index in [2.05, 4.69) is 5.92 Å². The molecule has 3 atom stereocenters. The third-order valence-electron chi connectivity index (χ3n) is 3.71. The molecule has 2 saturated heterocycles. The predicted octanol–water partition coefficient (Wildman–Crippen LogP) is 0.448. The number of hydrogen-bond acceptors (Lipinski definition) is 4. The molecule has 2 amide bonds. The highest BCUT2D eigenvalue weighted by molar-refractivity contribution is 5.80. The van der Waals surface area contributed by atoms with Crippen LogP contribution in [0, 0.1) is 18.3 Å². The van der Waals surface area contributed by atoms with E-state index in [4.69, 9.17) is 11.2 Å². The number of amides is 2. The second-order valence-corrected chi connectivity index (χ2v) is 6.63. The van der Waals surface area contributed by atoms with E-state index < -0.39 is 23.8 Å². The Bertz CT molecular complexity index is 477. The smallest absolute Gasteiger partial charge is 0.410 e. The molecule has 0 bridgehead atoms. The van der Waals surface area contributed by atoms with Crippen LogP contribution in [0.15, 0.2) is 0 Å². The highest BCUT2D eigenvalue weighted by atomic mass is 16.6. The van der Waals surface area contributed by atoms with Gasteiger partial charge in [-0.2, -0.15) is 0 Å². The number of carbonyl (C=O) groups excluding carboxylic acids is 2. The van der Waals surface area contributed by atoms with Crippen LogP contribution in [0.2, 0.25) is 0 Å². The first-order valence-electron chi connectivity index (χ1n) is 7.13. The zero-order valence-electron chi connectivity index (χ0n) is 12.7. The van der Waals surface area contributed by atoms with Crippen molar-refractivity contribution in [1.29, 1.82) is 0 Å². The predicted molar refractivity (Wildman–Crippen MR) is 76.3 cm³/mol. The standard InChI is InChI=1S/C15H22N2O4/c1-5-10-6-13(19)17(7-10)11-8-16(9-12(11)18)14(20)21-15(2,3)4/h1,10-12,18H,6-9H2,2-4H3. The minimum absolute atomic E-state index is 0.0620. The molecule has 0 aromatic carbocycles. The van der Waals surface area contributed by atoms with Crippen molar-refractivity contribution in [2.24, 2.45) is 5.92 Å². The van der Waals surface area contributed by atoms with Gasteiger partial charge in [0.1, 0.15) is 5.60 Å². The Morgan fingerprint density at radius 1 is 1.38 bits per heavy atom. The number of rotatable bonds is 1. The quantitative estimate of drug-likeness (QED) is 0.713. The summed E-state index contributed by atoms with van der Waals surface area (Å²) in [6.07, 6.45) is 4.44. The summed E-state index contributed by atoms with van der Waals surface area (Å²) in [4.78, 5) is 27.0. The lowest BCUT2D eigenvalue weighted by molar-refractivity contribution is -0.131. The fraction of sp³-hybridized carbons (Fsp3) is 0.733. The van der Waals surface area contributed by atoms with Gasteiger partial charge in [0.2, 0.25) is 5.91 Å². The van der Waals surface area contributed by atoms with Crippen LogP contribution in [0.5, 0.6) is 0 Å². The third-order valence-corrected chi connectivity index (χ3v) is 3.71. The van der Waals surface area contributed by atoms with Gasteiger partial charge >= 0.3 is 6.09 Å². The van der Waals surface area contributed by atoms with Crippen LogP contribution in [0.3, 0.4) is 0 Å². The summed E-state index contributed by atoms with van der Waals surface area (Å²) < 4.78 is 5.29. The third kappa shape index (κ3) is 3.48. The van der Waals surface area contributed by atoms with Crippen molar-refractivity contribution in [2.45, 2.75) is 44.9 Å². The van der Waals surface area contributed by atoms with E-state index in [0.717, 1.165) is 0 Å². The minimum Gasteiger partial charge on any atom is -0.444 e. The molecule has 1 N–H and O–H groups in total. The van der Waals surface area contributed by atoms with Gasteiger partial charge in [-0.15, -0.1) is 12.3 Å². The van der Waals surface area contributed by atoms with Crippen LogP contribution in [-0.2, 0) is 9.53 Å². The number of nitrogens with zero attached hydrogens (tertiary/aromatic N) is 2. The maximum atomic E-state index is 12.0. The number of carbonyl (C=O) groups is 2. The normalized spacial score (nSPS) is 29.7. The molecule has 21 heavy (non-hydrogen) atoms. The van der Waals surface area contributed by atoms with E-state index in [0.29, 0.717) is 13.0 Å². The molecular formula is C15H22N2O4. The molecule has 2 aliphatic heterocycles. The van der Waals surface area contributed by atoms with Crippen LogP contribution in [0.1, 0.15) is 27.2 Å². The number of aliphatic hydroxyl groups excluding tert-OH is 1. The van der Waals surface area contributed by atoms with E-state index in [-0.39, 0.29) is 24.9 Å². The van der Waals surface area contributed by atoms with Crippen LogP contribution < -0.4 is 0 Å². The molecular weight excluding hydrogens is 272 g/mol. The van der Waals surface area contributed by atoms with Crippen LogP contribution in [0.25, 0.3) is 0 Å². The maximum Gasteiger partial charge on any atom is 0.410 e. The molecule has 2 rings (SSSR count). The largest absolute Gasteiger partial charge is 0.444 e. The molecule has 0 radical (unpaired) electrons. The molecule has 0 spiro atoms. The first-order valence-corrected chi connectivity index (χ1v) is 7.13. The molecule has 6 heteroatoms. The Labute approximate surface area is 125 Å². The fourth-order valence-electron chi connectivity index (χ4n) is 2.72. The number of β-amino-alcohol motifs (C(OH)–C–C–N with tert-alkyl or cyclic N) is 1. The Hall–Kier alpha value is -1.74. The van der Waals surface area contributed by atoms with Gasteiger partial charge in [-0.25, -0.2) is 4.79 Å². The van der Waals surface area contributed by atoms with Crippen molar-refractivity contribution < 1.29 is 19.4 Å². The summed E-state index contributed by atoms with van der Waals surface area (Å²) in [5, 5.41) is 10.1. The lowest BCUT2D eigenvalue weighted by Gasteiger charge is -2.27. The molecule has 6 nitrogen and oxygen atoms in total. The maximum absolute atomic E-state index is 12.0. The van der Waals surface area contributed by atoms with Crippen LogP contribution in [0.4, 0.5) is 4.79 Å². The number of ether oxygens (including phenoxy) is 1. The van der Waals surface area contributed by atoms with Crippen LogP contribution in [-0.4, -0.2) is 64.3 Å². The van der Waals surface area contributed by atoms with Gasteiger partial charge in [-0.05, 0) is 20.8 Å². The lowest BCUT2D eigenvalue weighted by atomic mass is 10.1. The van der Waals surface area contributed by atoms with Gasteiger partial charge < -0.3 is 19.6 Å². The first kappa shape index (κ1) is 15.6. The van der Waals surface area contributed by atoms with E-state index in [1.54, 1.807) is 25.7 Å². The van der Waals surface area contributed by atoms with Crippen molar-refractivity contribution in [3.05, 3.63) is 0 Å². The number of likely N-dealkylation sites (tertiary alicyclic amines) is 2. The average Bonchev–Trinajstić information content (AvgIpc) is 2.90. The number of hydrogen-bond donors (Lipinski definition) is 1. The molecule has 116 valence electrons. The van der Waals surface area contributed by atoms with E-state index >= 15 is 0 Å². The molecule has 3 unspecified atom stereocenters. The Kier molecular flexibility index (Phi) is 4.15. The van der Waals surface area contributed by atoms with Gasteiger partial charge in [-0.3, -0.25) is 4.79 Å². The molecule has 2 heterocycles. The second-order valence-electron chi connectivity index (χ2n) is 6.63.